The van der Waals surface area contributed by atoms with E-state index in [9.17, 15) is 9.18 Å². The van der Waals surface area contributed by atoms with Crippen molar-refractivity contribution in [3.8, 4) is 0 Å². The van der Waals surface area contributed by atoms with Crippen LogP contribution < -0.4 is 0 Å². The molecule has 2 aromatic rings. The van der Waals surface area contributed by atoms with Gasteiger partial charge in [0.25, 0.3) is 0 Å². The SMILES string of the molecule is CC(=O)c1nc(Cl)c2cc(F)ccc2n1. The topological polar surface area (TPSA) is 42.9 Å². The molecule has 5 heteroatoms. The molecule has 0 saturated heterocycles. The maximum atomic E-state index is 12.9. The predicted octanol–water partition coefficient (Wildman–Crippen LogP) is 2.62. The maximum Gasteiger partial charge on any atom is 0.197 e. The van der Waals surface area contributed by atoms with Gasteiger partial charge < -0.3 is 0 Å². The summed E-state index contributed by atoms with van der Waals surface area (Å²) in [6.07, 6.45) is 0. The Balaban J connectivity index is 2.78. The molecule has 0 aliphatic heterocycles. The van der Waals surface area contributed by atoms with Crippen molar-refractivity contribution in [1.82, 2.24) is 9.97 Å². The molecule has 0 spiro atoms. The van der Waals surface area contributed by atoms with Crippen molar-refractivity contribution < 1.29 is 9.18 Å². The van der Waals surface area contributed by atoms with Gasteiger partial charge in [-0.3, -0.25) is 4.79 Å². The molecular formula is C10H6ClFN2O. The van der Waals surface area contributed by atoms with Crippen LogP contribution >= 0.6 is 11.6 Å². The fourth-order valence-electron chi connectivity index (χ4n) is 1.22. The van der Waals surface area contributed by atoms with E-state index in [1.165, 1.54) is 25.1 Å². The van der Waals surface area contributed by atoms with Gasteiger partial charge in [-0.25, -0.2) is 14.4 Å². The molecule has 0 bridgehead atoms. The molecule has 0 unspecified atom stereocenters. The van der Waals surface area contributed by atoms with Gasteiger partial charge in [0.2, 0.25) is 0 Å². The Kier molecular flexibility index (Phi) is 2.36. The van der Waals surface area contributed by atoms with Crippen LogP contribution in [0.25, 0.3) is 10.9 Å². The van der Waals surface area contributed by atoms with Crippen LogP contribution in [0.1, 0.15) is 17.5 Å². The van der Waals surface area contributed by atoms with E-state index in [4.69, 9.17) is 11.6 Å². The number of carbonyl (C=O) groups is 1. The summed E-state index contributed by atoms with van der Waals surface area (Å²) in [6, 6.07) is 3.96. The largest absolute Gasteiger partial charge is 0.291 e. The minimum atomic E-state index is -0.413. The third-order valence-corrected chi connectivity index (χ3v) is 2.21. The third kappa shape index (κ3) is 1.80. The number of aromatic nitrogens is 2. The lowest BCUT2D eigenvalue weighted by Gasteiger charge is -2.01. The number of Topliss-reactive ketones (excluding diaryl/α,β-unsaturated/α-hetero) is 1. The van der Waals surface area contributed by atoms with Crippen LogP contribution in [-0.4, -0.2) is 15.8 Å². The monoisotopic (exact) mass is 224 g/mol. The van der Waals surface area contributed by atoms with Gasteiger partial charge in [-0.2, -0.15) is 0 Å². The summed E-state index contributed by atoms with van der Waals surface area (Å²) in [4.78, 5) is 18.8. The van der Waals surface area contributed by atoms with Gasteiger partial charge in [0.1, 0.15) is 11.0 Å². The second-order valence-corrected chi connectivity index (χ2v) is 3.41. The van der Waals surface area contributed by atoms with Crippen molar-refractivity contribution in [1.29, 1.82) is 0 Å². The molecule has 76 valence electrons. The molecule has 3 nitrogen and oxygen atoms in total. The Hall–Kier alpha value is -1.55. The van der Waals surface area contributed by atoms with Crippen molar-refractivity contribution >= 4 is 28.3 Å². The first-order valence-corrected chi connectivity index (χ1v) is 4.59. The number of halogens is 2. The van der Waals surface area contributed by atoms with Gasteiger partial charge in [-0.15, -0.1) is 0 Å². The number of benzene rings is 1. The first-order valence-electron chi connectivity index (χ1n) is 4.21. The molecule has 0 atom stereocenters. The zero-order chi connectivity index (χ0) is 11.0. The summed E-state index contributed by atoms with van der Waals surface area (Å²) in [5.41, 5.74) is 0.460. The Morgan fingerprint density at radius 1 is 1.40 bits per heavy atom. The minimum Gasteiger partial charge on any atom is -0.291 e. The Labute approximate surface area is 89.9 Å². The van der Waals surface area contributed by atoms with Crippen LogP contribution in [0.5, 0.6) is 0 Å². The van der Waals surface area contributed by atoms with Gasteiger partial charge in [-0.05, 0) is 18.2 Å². The maximum absolute atomic E-state index is 12.9. The van der Waals surface area contributed by atoms with Gasteiger partial charge in [0, 0.05) is 12.3 Å². The normalized spacial score (nSPS) is 10.6. The molecule has 15 heavy (non-hydrogen) atoms. The number of ketones is 1. The molecule has 0 amide bonds. The number of carbonyl (C=O) groups excluding carboxylic acids is 1. The Bertz CT molecular complexity index is 556. The van der Waals surface area contributed by atoms with Gasteiger partial charge in [0.15, 0.2) is 11.6 Å². The quantitative estimate of drug-likeness (QED) is 0.552. The summed E-state index contributed by atoms with van der Waals surface area (Å²) in [5, 5.41) is 0.492. The second kappa shape index (κ2) is 3.55. The molecule has 0 aliphatic carbocycles. The fourth-order valence-corrected chi connectivity index (χ4v) is 1.45. The van der Waals surface area contributed by atoms with E-state index in [1.807, 2.05) is 0 Å². The molecule has 0 saturated carbocycles. The Morgan fingerprint density at radius 2 is 2.13 bits per heavy atom. The fraction of sp³-hybridized carbons (Fsp3) is 0.100. The van der Waals surface area contributed by atoms with Crippen LogP contribution in [0.4, 0.5) is 4.39 Å². The minimum absolute atomic E-state index is 0.0408. The van der Waals surface area contributed by atoms with E-state index in [-0.39, 0.29) is 16.8 Å². The first-order chi connectivity index (χ1) is 7.08. The smallest absolute Gasteiger partial charge is 0.197 e. The van der Waals surface area contributed by atoms with E-state index in [0.29, 0.717) is 10.9 Å². The zero-order valence-corrected chi connectivity index (χ0v) is 8.55. The highest BCUT2D eigenvalue weighted by Crippen LogP contribution is 2.21. The lowest BCUT2D eigenvalue weighted by molar-refractivity contribution is 0.100. The van der Waals surface area contributed by atoms with Crippen molar-refractivity contribution in [3.05, 3.63) is 35.0 Å². The van der Waals surface area contributed by atoms with E-state index in [1.54, 1.807) is 0 Å². The summed E-state index contributed by atoms with van der Waals surface area (Å²) in [6.45, 7) is 1.35. The number of rotatable bonds is 1. The van der Waals surface area contributed by atoms with Crippen molar-refractivity contribution in [3.63, 3.8) is 0 Å². The highest BCUT2D eigenvalue weighted by atomic mass is 35.5. The molecular weight excluding hydrogens is 219 g/mol. The van der Waals surface area contributed by atoms with Crippen LogP contribution in [0.15, 0.2) is 18.2 Å². The van der Waals surface area contributed by atoms with E-state index in [0.717, 1.165) is 0 Å². The van der Waals surface area contributed by atoms with Crippen molar-refractivity contribution in [2.75, 3.05) is 0 Å². The summed E-state index contributed by atoms with van der Waals surface area (Å²) in [5.74, 6) is -0.647. The van der Waals surface area contributed by atoms with E-state index >= 15 is 0 Å². The van der Waals surface area contributed by atoms with Crippen LogP contribution in [-0.2, 0) is 0 Å². The van der Waals surface area contributed by atoms with Gasteiger partial charge in [-0.1, -0.05) is 11.6 Å². The highest BCUT2D eigenvalue weighted by molar-refractivity contribution is 6.34. The van der Waals surface area contributed by atoms with E-state index in [2.05, 4.69) is 9.97 Å². The van der Waals surface area contributed by atoms with Gasteiger partial charge >= 0.3 is 0 Å². The van der Waals surface area contributed by atoms with E-state index < -0.39 is 5.82 Å². The zero-order valence-electron chi connectivity index (χ0n) is 7.79. The molecule has 0 radical (unpaired) electrons. The number of fused-ring (bicyclic) bond motifs is 1. The Morgan fingerprint density at radius 3 is 2.80 bits per heavy atom. The van der Waals surface area contributed by atoms with Crippen molar-refractivity contribution in [2.24, 2.45) is 0 Å². The van der Waals surface area contributed by atoms with Crippen LogP contribution in [0, 0.1) is 5.82 Å². The lowest BCUT2D eigenvalue weighted by atomic mass is 10.2. The average Bonchev–Trinajstić information content (AvgIpc) is 2.18. The van der Waals surface area contributed by atoms with Gasteiger partial charge in [0.05, 0.1) is 5.52 Å². The molecule has 0 N–H and O–H groups in total. The third-order valence-electron chi connectivity index (χ3n) is 1.93. The van der Waals surface area contributed by atoms with Crippen molar-refractivity contribution in [2.45, 2.75) is 6.92 Å². The molecule has 0 aliphatic rings. The standard InChI is InChI=1S/C10H6ClFN2O/c1-5(15)10-13-8-3-2-6(12)4-7(8)9(11)14-10/h2-4H,1H3. The second-order valence-electron chi connectivity index (χ2n) is 3.06. The lowest BCUT2D eigenvalue weighted by Crippen LogP contribution is -2.01. The average molecular weight is 225 g/mol. The number of hydrogen-bond donors (Lipinski definition) is 0. The molecule has 1 aromatic heterocycles. The predicted molar refractivity (Wildman–Crippen MR) is 54.5 cm³/mol. The van der Waals surface area contributed by atoms with Crippen LogP contribution in [0.2, 0.25) is 5.15 Å². The summed E-state index contributed by atoms with van der Waals surface area (Å²) < 4.78 is 12.9. The molecule has 0 fully saturated rings. The molecule has 2 rings (SSSR count). The highest BCUT2D eigenvalue weighted by Gasteiger charge is 2.09. The van der Waals surface area contributed by atoms with Crippen LogP contribution in [0.3, 0.4) is 0 Å². The number of nitrogens with zero attached hydrogens (tertiary/aromatic N) is 2. The molecule has 1 heterocycles. The molecule has 1 aromatic carbocycles. The number of hydrogen-bond acceptors (Lipinski definition) is 3. The summed E-state index contributed by atoms with van der Waals surface area (Å²) in [7, 11) is 0. The summed E-state index contributed by atoms with van der Waals surface area (Å²) >= 11 is 5.81. The first kappa shape index (κ1) is 9.98.